The summed E-state index contributed by atoms with van der Waals surface area (Å²) in [7, 11) is 0. The number of hydrogen-bond donors (Lipinski definition) is 2. The van der Waals surface area contributed by atoms with E-state index in [9.17, 15) is 9.59 Å². The molecule has 1 aromatic rings. The number of amides is 2. The van der Waals surface area contributed by atoms with Crippen LogP contribution in [0.25, 0.3) is 6.08 Å². The molecule has 0 saturated carbocycles. The van der Waals surface area contributed by atoms with Gasteiger partial charge in [0.1, 0.15) is 6.04 Å². The fraction of sp³-hybridized carbons (Fsp3) is 0.231. The standard InChI is InChI=1S/C13H14N2O2/c16-12(15-11-9-14-13(11)17)8-4-7-10-5-2-1-3-6-10/h1-7,11H,8-9H2,(H,14,17)(H,15,16)/t11-/m0/s1. The molecule has 0 spiro atoms. The zero-order valence-electron chi connectivity index (χ0n) is 9.35. The molecule has 0 bridgehead atoms. The maximum atomic E-state index is 11.4. The van der Waals surface area contributed by atoms with Crippen LogP contribution in [0.5, 0.6) is 0 Å². The lowest BCUT2D eigenvalue weighted by Crippen LogP contribution is -2.61. The highest BCUT2D eigenvalue weighted by molar-refractivity contribution is 5.92. The third kappa shape index (κ3) is 3.17. The summed E-state index contributed by atoms with van der Waals surface area (Å²) >= 11 is 0. The van der Waals surface area contributed by atoms with Gasteiger partial charge in [-0.3, -0.25) is 9.59 Å². The van der Waals surface area contributed by atoms with Crippen LogP contribution in [-0.4, -0.2) is 24.4 Å². The van der Waals surface area contributed by atoms with Gasteiger partial charge in [-0.2, -0.15) is 0 Å². The summed E-state index contributed by atoms with van der Waals surface area (Å²) in [6.45, 7) is 0.535. The van der Waals surface area contributed by atoms with Gasteiger partial charge in [0.25, 0.3) is 0 Å². The Kier molecular flexibility index (Phi) is 3.55. The molecule has 4 heteroatoms. The average molecular weight is 230 g/mol. The molecular formula is C13H14N2O2. The molecule has 88 valence electrons. The lowest BCUT2D eigenvalue weighted by atomic mass is 10.1. The van der Waals surface area contributed by atoms with Crippen molar-refractivity contribution in [3.8, 4) is 0 Å². The summed E-state index contributed by atoms with van der Waals surface area (Å²) in [4.78, 5) is 22.4. The minimum atomic E-state index is -0.340. The predicted molar refractivity (Wildman–Crippen MR) is 65.0 cm³/mol. The highest BCUT2D eigenvalue weighted by Crippen LogP contribution is 2.02. The highest BCUT2D eigenvalue weighted by atomic mass is 16.2. The van der Waals surface area contributed by atoms with Crippen molar-refractivity contribution in [2.75, 3.05) is 6.54 Å². The van der Waals surface area contributed by atoms with Gasteiger partial charge in [-0.05, 0) is 5.56 Å². The Morgan fingerprint density at radius 2 is 2.18 bits per heavy atom. The number of nitrogens with one attached hydrogen (secondary N) is 2. The largest absolute Gasteiger partial charge is 0.352 e. The van der Waals surface area contributed by atoms with Gasteiger partial charge in [0.05, 0.1) is 0 Å². The zero-order valence-corrected chi connectivity index (χ0v) is 9.35. The van der Waals surface area contributed by atoms with Crippen molar-refractivity contribution in [2.24, 2.45) is 0 Å². The van der Waals surface area contributed by atoms with Crippen LogP contribution in [0.15, 0.2) is 36.4 Å². The summed E-state index contributed by atoms with van der Waals surface area (Å²) in [6.07, 6.45) is 3.97. The first-order valence-corrected chi connectivity index (χ1v) is 5.54. The van der Waals surface area contributed by atoms with Crippen LogP contribution < -0.4 is 10.6 Å². The van der Waals surface area contributed by atoms with Crippen LogP contribution in [0.3, 0.4) is 0 Å². The minimum absolute atomic E-state index is 0.106. The minimum Gasteiger partial charge on any atom is -0.352 e. The number of carbonyl (C=O) groups is 2. The SMILES string of the molecule is O=C(CC=Cc1ccccc1)N[C@H]1CNC1=O. The van der Waals surface area contributed by atoms with Gasteiger partial charge in [-0.25, -0.2) is 0 Å². The second-order valence-electron chi connectivity index (χ2n) is 3.88. The van der Waals surface area contributed by atoms with Gasteiger partial charge in [-0.1, -0.05) is 42.5 Å². The molecule has 1 aliphatic rings. The molecular weight excluding hydrogens is 216 g/mol. The number of β-lactam (4-membered cyclic amide) rings is 1. The first-order valence-electron chi connectivity index (χ1n) is 5.54. The van der Waals surface area contributed by atoms with Crippen molar-refractivity contribution in [3.05, 3.63) is 42.0 Å². The number of benzene rings is 1. The van der Waals surface area contributed by atoms with Crippen LogP contribution >= 0.6 is 0 Å². The third-order valence-electron chi connectivity index (χ3n) is 2.55. The quantitative estimate of drug-likeness (QED) is 0.748. The second kappa shape index (κ2) is 5.30. The first kappa shape index (κ1) is 11.4. The molecule has 0 radical (unpaired) electrons. The Bertz CT molecular complexity index is 440. The molecule has 2 rings (SSSR count). The topological polar surface area (TPSA) is 58.2 Å². The van der Waals surface area contributed by atoms with Gasteiger partial charge in [0.2, 0.25) is 11.8 Å². The lowest BCUT2D eigenvalue weighted by molar-refractivity contribution is -0.133. The van der Waals surface area contributed by atoms with Gasteiger partial charge in [-0.15, -0.1) is 0 Å². The molecule has 1 saturated heterocycles. The molecule has 1 heterocycles. The molecule has 1 aromatic carbocycles. The van der Waals surface area contributed by atoms with E-state index in [4.69, 9.17) is 0 Å². The molecule has 0 aliphatic carbocycles. The van der Waals surface area contributed by atoms with Gasteiger partial charge in [0, 0.05) is 13.0 Å². The second-order valence-corrected chi connectivity index (χ2v) is 3.88. The number of hydrogen-bond acceptors (Lipinski definition) is 2. The van der Waals surface area contributed by atoms with Crippen molar-refractivity contribution in [2.45, 2.75) is 12.5 Å². The van der Waals surface area contributed by atoms with E-state index >= 15 is 0 Å². The fourth-order valence-corrected chi connectivity index (χ4v) is 1.52. The maximum Gasteiger partial charge on any atom is 0.244 e. The summed E-state index contributed by atoms with van der Waals surface area (Å²) in [6, 6.07) is 9.42. The van der Waals surface area contributed by atoms with E-state index in [0.717, 1.165) is 5.56 Å². The summed E-state index contributed by atoms with van der Waals surface area (Å²) in [5, 5.41) is 5.22. The molecule has 0 aromatic heterocycles. The molecule has 1 fully saturated rings. The number of rotatable bonds is 4. The zero-order chi connectivity index (χ0) is 12.1. The van der Waals surface area contributed by atoms with E-state index < -0.39 is 0 Å². The van der Waals surface area contributed by atoms with E-state index in [1.54, 1.807) is 6.08 Å². The summed E-state index contributed by atoms with van der Waals surface area (Å²) in [5.41, 5.74) is 1.06. The Morgan fingerprint density at radius 1 is 1.41 bits per heavy atom. The summed E-state index contributed by atoms with van der Waals surface area (Å²) < 4.78 is 0. The fourth-order valence-electron chi connectivity index (χ4n) is 1.52. The molecule has 2 N–H and O–H groups in total. The normalized spacial score (nSPS) is 18.6. The Morgan fingerprint density at radius 3 is 2.76 bits per heavy atom. The van der Waals surface area contributed by atoms with E-state index in [2.05, 4.69) is 10.6 Å². The van der Waals surface area contributed by atoms with Crippen molar-refractivity contribution in [1.29, 1.82) is 0 Å². The van der Waals surface area contributed by atoms with Crippen LogP contribution in [0.4, 0.5) is 0 Å². The van der Waals surface area contributed by atoms with Crippen molar-refractivity contribution in [1.82, 2.24) is 10.6 Å². The van der Waals surface area contributed by atoms with Crippen LogP contribution in [0.2, 0.25) is 0 Å². The van der Waals surface area contributed by atoms with Gasteiger partial charge in [0.15, 0.2) is 0 Å². The summed E-state index contributed by atoms with van der Waals surface area (Å²) in [5.74, 6) is -0.234. The Balaban J connectivity index is 1.76. The third-order valence-corrected chi connectivity index (χ3v) is 2.55. The molecule has 2 amide bonds. The monoisotopic (exact) mass is 230 g/mol. The van der Waals surface area contributed by atoms with Crippen LogP contribution in [-0.2, 0) is 9.59 Å². The first-order chi connectivity index (χ1) is 8.25. The smallest absolute Gasteiger partial charge is 0.244 e. The maximum absolute atomic E-state index is 11.4. The van der Waals surface area contributed by atoms with Crippen molar-refractivity contribution < 1.29 is 9.59 Å². The van der Waals surface area contributed by atoms with E-state index in [1.165, 1.54) is 0 Å². The van der Waals surface area contributed by atoms with E-state index in [1.807, 2.05) is 36.4 Å². The van der Waals surface area contributed by atoms with Crippen LogP contribution in [0.1, 0.15) is 12.0 Å². The highest BCUT2D eigenvalue weighted by Gasteiger charge is 2.28. The Hall–Kier alpha value is -2.10. The molecule has 1 aliphatic heterocycles. The lowest BCUT2D eigenvalue weighted by Gasteiger charge is -2.26. The van der Waals surface area contributed by atoms with Crippen molar-refractivity contribution >= 4 is 17.9 Å². The average Bonchev–Trinajstić information content (AvgIpc) is 2.35. The molecule has 4 nitrogen and oxygen atoms in total. The molecule has 0 unspecified atom stereocenters. The molecule has 17 heavy (non-hydrogen) atoms. The Labute approximate surface area is 99.7 Å². The van der Waals surface area contributed by atoms with E-state index in [0.29, 0.717) is 13.0 Å². The van der Waals surface area contributed by atoms with E-state index in [-0.39, 0.29) is 17.9 Å². The van der Waals surface area contributed by atoms with Crippen LogP contribution in [0, 0.1) is 0 Å². The molecule has 1 atom stereocenters. The predicted octanol–water partition coefficient (Wildman–Crippen LogP) is 0.705. The number of carbonyl (C=O) groups excluding carboxylic acids is 2. The van der Waals surface area contributed by atoms with Crippen molar-refractivity contribution in [3.63, 3.8) is 0 Å². The van der Waals surface area contributed by atoms with Gasteiger partial charge < -0.3 is 10.6 Å². The van der Waals surface area contributed by atoms with Gasteiger partial charge >= 0.3 is 0 Å².